The molecule has 0 unspecified atom stereocenters. The third-order valence-corrected chi connectivity index (χ3v) is 3.87. The molecule has 5 heteroatoms. The fourth-order valence-electron chi connectivity index (χ4n) is 1.72. The molecule has 0 amide bonds. The van der Waals surface area contributed by atoms with E-state index in [1.807, 2.05) is 24.3 Å². The van der Waals surface area contributed by atoms with Gasteiger partial charge in [-0.2, -0.15) is 8.42 Å². The summed E-state index contributed by atoms with van der Waals surface area (Å²) in [5.41, 5.74) is 0. The largest absolute Gasteiger partial charge is 0.297 e. The van der Waals surface area contributed by atoms with Gasteiger partial charge in [0.05, 0.1) is 6.10 Å². The first-order chi connectivity index (χ1) is 8.00. The first-order valence-corrected chi connectivity index (χ1v) is 6.82. The van der Waals surface area contributed by atoms with E-state index in [0.717, 1.165) is 5.39 Å². The van der Waals surface area contributed by atoms with E-state index < -0.39 is 10.1 Å². The minimum Gasteiger partial charge on any atom is -0.264 e. The summed E-state index contributed by atoms with van der Waals surface area (Å²) in [5, 5.41) is 1.58. The fraction of sp³-hybridized carbons (Fsp3) is 0.231. The molecule has 2 rings (SSSR count). The molecule has 0 aliphatic heterocycles. The van der Waals surface area contributed by atoms with Crippen molar-refractivity contribution in [2.24, 2.45) is 0 Å². The molecule has 18 heavy (non-hydrogen) atoms. The Kier molecular flexibility index (Phi) is 5.00. The van der Waals surface area contributed by atoms with Crippen LogP contribution in [0.4, 0.5) is 0 Å². The van der Waals surface area contributed by atoms with Crippen molar-refractivity contribution < 1.29 is 12.6 Å². The fourth-order valence-corrected chi connectivity index (χ4v) is 3.03. The smallest absolute Gasteiger partial charge is 0.264 e. The molecule has 0 N–H and O–H groups in total. The van der Waals surface area contributed by atoms with Gasteiger partial charge in [-0.25, -0.2) is 0 Å². The van der Waals surface area contributed by atoms with E-state index in [9.17, 15) is 8.42 Å². The molecule has 2 aromatic rings. The van der Waals surface area contributed by atoms with Crippen LogP contribution >= 0.6 is 0 Å². The molecule has 3 nitrogen and oxygen atoms in total. The first-order valence-electron chi connectivity index (χ1n) is 5.42. The van der Waals surface area contributed by atoms with Crippen LogP contribution in [0.3, 0.4) is 0 Å². The van der Waals surface area contributed by atoms with Crippen LogP contribution in [0.25, 0.3) is 10.8 Å². The van der Waals surface area contributed by atoms with Crippen molar-refractivity contribution in [3.8, 4) is 0 Å². The molecule has 0 aromatic heterocycles. The second kappa shape index (κ2) is 5.90. The number of hydrogen-bond acceptors (Lipinski definition) is 3. The summed E-state index contributed by atoms with van der Waals surface area (Å²) < 4.78 is 29.1. The minimum atomic E-state index is -3.69. The summed E-state index contributed by atoms with van der Waals surface area (Å²) in [7, 11) is -3.69. The number of rotatable bonds is 3. The Morgan fingerprint density at radius 1 is 1.00 bits per heavy atom. The van der Waals surface area contributed by atoms with Gasteiger partial charge in [-0.15, -0.1) is 0 Å². The standard InChI is InChI=1S/C13H14O3S.Li/c1-10(2)16-17(14,15)13-9-5-7-11-6-3-4-8-12(11)13;/h3-10H,1-2H3;. The van der Waals surface area contributed by atoms with Gasteiger partial charge in [-0.1, -0.05) is 36.4 Å². The molecule has 0 saturated heterocycles. The zero-order chi connectivity index (χ0) is 12.5. The van der Waals surface area contributed by atoms with Crippen LogP contribution < -0.4 is 0 Å². The van der Waals surface area contributed by atoms with E-state index in [0.29, 0.717) is 5.39 Å². The van der Waals surface area contributed by atoms with Crippen molar-refractivity contribution in [2.75, 3.05) is 0 Å². The third-order valence-electron chi connectivity index (χ3n) is 2.34. The summed E-state index contributed by atoms with van der Waals surface area (Å²) in [6.45, 7) is 3.39. The Morgan fingerprint density at radius 2 is 1.61 bits per heavy atom. The zero-order valence-corrected chi connectivity index (χ0v) is 11.6. The molecular weight excluding hydrogens is 243 g/mol. The van der Waals surface area contributed by atoms with Gasteiger partial charge in [0.1, 0.15) is 4.90 Å². The van der Waals surface area contributed by atoms with E-state index in [4.69, 9.17) is 4.18 Å². The zero-order valence-electron chi connectivity index (χ0n) is 10.8. The van der Waals surface area contributed by atoms with Gasteiger partial charge < -0.3 is 0 Å². The van der Waals surface area contributed by atoms with Crippen molar-refractivity contribution in [2.45, 2.75) is 24.8 Å². The SMILES string of the molecule is CC(C)OS(=O)(=O)c1cccc2ccccc12.[Li]. The van der Waals surface area contributed by atoms with Crippen LogP contribution in [-0.4, -0.2) is 33.4 Å². The van der Waals surface area contributed by atoms with Gasteiger partial charge in [0, 0.05) is 24.2 Å². The molecule has 0 heterocycles. The van der Waals surface area contributed by atoms with Crippen LogP contribution in [0.1, 0.15) is 13.8 Å². The predicted octanol–water partition coefficient (Wildman–Crippen LogP) is 2.57. The van der Waals surface area contributed by atoms with Crippen molar-refractivity contribution in [3.63, 3.8) is 0 Å². The summed E-state index contributed by atoms with van der Waals surface area (Å²) in [6, 6.07) is 12.5. The first kappa shape index (κ1) is 15.3. The molecule has 0 fully saturated rings. The van der Waals surface area contributed by atoms with Gasteiger partial charge in [0.2, 0.25) is 0 Å². The van der Waals surface area contributed by atoms with Crippen LogP contribution in [0.15, 0.2) is 47.4 Å². The number of benzene rings is 2. The van der Waals surface area contributed by atoms with Crippen molar-refractivity contribution >= 4 is 39.8 Å². The molecule has 2 aromatic carbocycles. The second-order valence-electron chi connectivity index (χ2n) is 4.08. The van der Waals surface area contributed by atoms with E-state index in [2.05, 4.69) is 0 Å². The molecule has 0 aliphatic rings. The van der Waals surface area contributed by atoms with Gasteiger partial charge >= 0.3 is 0 Å². The molecule has 0 saturated carbocycles. The van der Waals surface area contributed by atoms with Crippen molar-refractivity contribution in [1.82, 2.24) is 0 Å². The Labute approximate surface area is 119 Å². The van der Waals surface area contributed by atoms with Crippen molar-refractivity contribution in [3.05, 3.63) is 42.5 Å². The average Bonchev–Trinajstić information content (AvgIpc) is 2.26. The quantitative estimate of drug-likeness (QED) is 0.627. The van der Waals surface area contributed by atoms with Crippen LogP contribution in [0, 0.1) is 0 Å². The normalized spacial score (nSPS) is 11.5. The molecular formula is C13H14LiO3S. The summed E-state index contributed by atoms with van der Waals surface area (Å²) in [4.78, 5) is 0.226. The van der Waals surface area contributed by atoms with Gasteiger partial charge in [-0.05, 0) is 25.3 Å². The van der Waals surface area contributed by atoms with E-state index in [-0.39, 0.29) is 29.9 Å². The average molecular weight is 257 g/mol. The maximum absolute atomic E-state index is 12.0. The maximum Gasteiger partial charge on any atom is 0.297 e. The number of fused-ring (bicyclic) bond motifs is 1. The van der Waals surface area contributed by atoms with Crippen molar-refractivity contribution in [1.29, 1.82) is 0 Å². The number of hydrogen-bond donors (Lipinski definition) is 0. The van der Waals surface area contributed by atoms with Gasteiger partial charge in [-0.3, -0.25) is 4.18 Å². The Hall–Kier alpha value is -0.793. The summed E-state index contributed by atoms with van der Waals surface area (Å²) in [6.07, 6.45) is -0.362. The molecule has 0 aliphatic carbocycles. The van der Waals surface area contributed by atoms with E-state index in [1.54, 1.807) is 32.0 Å². The molecule has 0 atom stereocenters. The monoisotopic (exact) mass is 257 g/mol. The Morgan fingerprint density at radius 3 is 2.28 bits per heavy atom. The third kappa shape index (κ3) is 3.15. The maximum atomic E-state index is 12.0. The molecule has 0 spiro atoms. The van der Waals surface area contributed by atoms with Crippen LogP contribution in [-0.2, 0) is 14.3 Å². The minimum absolute atomic E-state index is 0. The topological polar surface area (TPSA) is 43.4 Å². The summed E-state index contributed by atoms with van der Waals surface area (Å²) in [5.74, 6) is 0. The van der Waals surface area contributed by atoms with Gasteiger partial charge in [0.15, 0.2) is 0 Å². The molecule has 0 bridgehead atoms. The van der Waals surface area contributed by atoms with Crippen LogP contribution in [0.5, 0.6) is 0 Å². The van der Waals surface area contributed by atoms with Gasteiger partial charge in [0.25, 0.3) is 10.1 Å². The Balaban J connectivity index is 0.00000162. The summed E-state index contributed by atoms with van der Waals surface area (Å²) >= 11 is 0. The van der Waals surface area contributed by atoms with Crippen LogP contribution in [0.2, 0.25) is 0 Å². The van der Waals surface area contributed by atoms with E-state index >= 15 is 0 Å². The molecule has 1 radical (unpaired) electrons. The van der Waals surface area contributed by atoms with E-state index in [1.165, 1.54) is 0 Å². The molecule has 91 valence electrons. The Bertz CT molecular complexity index is 630. The predicted molar refractivity (Wildman–Crippen MR) is 73.1 cm³/mol. The second-order valence-corrected chi connectivity index (χ2v) is 5.62.